The van der Waals surface area contributed by atoms with E-state index in [1.807, 2.05) is 25.1 Å². The van der Waals surface area contributed by atoms with Crippen molar-refractivity contribution in [3.63, 3.8) is 0 Å². The maximum absolute atomic E-state index is 12.5. The highest BCUT2D eigenvalue weighted by molar-refractivity contribution is 5.80. The van der Waals surface area contributed by atoms with Gasteiger partial charge < -0.3 is 15.4 Å². The highest BCUT2D eigenvalue weighted by Gasteiger charge is 2.34. The van der Waals surface area contributed by atoms with Crippen molar-refractivity contribution in [2.75, 3.05) is 33.8 Å². The summed E-state index contributed by atoms with van der Waals surface area (Å²) in [5.41, 5.74) is 2.12. The number of ether oxygens (including phenoxy) is 1. The summed E-state index contributed by atoms with van der Waals surface area (Å²) < 4.78 is 42.6. The van der Waals surface area contributed by atoms with E-state index in [-0.39, 0.29) is 6.04 Å². The van der Waals surface area contributed by atoms with Gasteiger partial charge >= 0.3 is 6.18 Å². The van der Waals surface area contributed by atoms with Crippen molar-refractivity contribution in [2.45, 2.75) is 32.1 Å². The second kappa shape index (κ2) is 8.42. The normalized spacial score (nSPS) is 19.1. The number of likely N-dealkylation sites (tertiary alicyclic amines) is 1. The standard InChI is InChI=1S/C17H25F3N4O/c1-12-8-13(4-5-15(12)25-3)9-22-16(21-2)23-14-6-7-24(10-14)11-17(18,19)20/h4-5,8,14H,6-7,9-11H2,1-3H3,(H2,21,22,23). The molecular formula is C17H25F3N4O. The number of methoxy groups -OCH3 is 1. The molecule has 1 heterocycles. The summed E-state index contributed by atoms with van der Waals surface area (Å²) in [6, 6.07) is 5.87. The van der Waals surface area contributed by atoms with Crippen molar-refractivity contribution in [2.24, 2.45) is 4.99 Å². The van der Waals surface area contributed by atoms with Crippen LogP contribution in [0.1, 0.15) is 17.5 Å². The topological polar surface area (TPSA) is 48.9 Å². The fourth-order valence-electron chi connectivity index (χ4n) is 2.97. The van der Waals surface area contributed by atoms with Gasteiger partial charge in [-0.25, -0.2) is 0 Å². The molecule has 1 aliphatic rings. The van der Waals surface area contributed by atoms with Crippen molar-refractivity contribution >= 4 is 5.96 Å². The highest BCUT2D eigenvalue weighted by atomic mass is 19.4. The molecule has 2 rings (SSSR count). The van der Waals surface area contributed by atoms with E-state index in [1.165, 1.54) is 4.90 Å². The summed E-state index contributed by atoms with van der Waals surface area (Å²) in [6.07, 6.45) is -3.49. The number of nitrogens with one attached hydrogen (secondary N) is 2. The van der Waals surface area contributed by atoms with Crippen LogP contribution in [0.3, 0.4) is 0 Å². The minimum atomic E-state index is -4.15. The molecule has 0 amide bonds. The Bertz CT molecular complexity index is 604. The lowest BCUT2D eigenvalue weighted by atomic mass is 10.1. The van der Waals surface area contributed by atoms with Gasteiger partial charge in [0.05, 0.1) is 13.7 Å². The Hall–Kier alpha value is -1.96. The van der Waals surface area contributed by atoms with E-state index in [2.05, 4.69) is 15.6 Å². The average molecular weight is 358 g/mol. The van der Waals surface area contributed by atoms with Gasteiger partial charge in [-0.2, -0.15) is 13.2 Å². The number of guanidine groups is 1. The first-order valence-corrected chi connectivity index (χ1v) is 8.20. The Morgan fingerprint density at radius 3 is 2.76 bits per heavy atom. The van der Waals surface area contributed by atoms with Crippen LogP contribution in [0.5, 0.6) is 5.75 Å². The number of halogens is 3. The number of aryl methyl sites for hydroxylation is 1. The molecule has 1 fully saturated rings. The first-order valence-electron chi connectivity index (χ1n) is 8.20. The van der Waals surface area contributed by atoms with Gasteiger partial charge in [0.1, 0.15) is 5.75 Å². The molecule has 1 aromatic carbocycles. The third-order valence-corrected chi connectivity index (χ3v) is 4.16. The number of hydrogen-bond donors (Lipinski definition) is 2. The molecule has 0 saturated carbocycles. The SMILES string of the molecule is CN=C(NCc1ccc(OC)c(C)c1)NC1CCN(CC(F)(F)F)C1. The van der Waals surface area contributed by atoms with Crippen LogP contribution in [-0.4, -0.2) is 56.9 Å². The summed E-state index contributed by atoms with van der Waals surface area (Å²) in [6.45, 7) is 2.49. The molecule has 25 heavy (non-hydrogen) atoms. The van der Waals surface area contributed by atoms with Crippen LogP contribution in [0.4, 0.5) is 13.2 Å². The molecule has 0 aromatic heterocycles. The molecular weight excluding hydrogens is 333 g/mol. The van der Waals surface area contributed by atoms with E-state index in [4.69, 9.17) is 4.74 Å². The third-order valence-electron chi connectivity index (χ3n) is 4.16. The molecule has 1 atom stereocenters. The molecule has 140 valence electrons. The highest BCUT2D eigenvalue weighted by Crippen LogP contribution is 2.20. The van der Waals surface area contributed by atoms with Gasteiger partial charge in [-0.05, 0) is 30.5 Å². The first-order chi connectivity index (χ1) is 11.8. The molecule has 0 bridgehead atoms. The van der Waals surface area contributed by atoms with E-state index in [0.29, 0.717) is 32.0 Å². The molecule has 0 spiro atoms. The van der Waals surface area contributed by atoms with Crippen molar-refractivity contribution in [1.82, 2.24) is 15.5 Å². The van der Waals surface area contributed by atoms with Crippen molar-refractivity contribution < 1.29 is 17.9 Å². The number of rotatable bonds is 5. The lowest BCUT2D eigenvalue weighted by Gasteiger charge is -2.20. The van der Waals surface area contributed by atoms with E-state index in [1.54, 1.807) is 14.2 Å². The van der Waals surface area contributed by atoms with Crippen molar-refractivity contribution in [3.8, 4) is 5.75 Å². The van der Waals surface area contributed by atoms with Crippen molar-refractivity contribution in [3.05, 3.63) is 29.3 Å². The molecule has 1 aromatic rings. The van der Waals surface area contributed by atoms with Gasteiger partial charge in [0.2, 0.25) is 0 Å². The lowest BCUT2D eigenvalue weighted by molar-refractivity contribution is -0.143. The summed E-state index contributed by atoms with van der Waals surface area (Å²) in [5, 5.41) is 6.39. The van der Waals surface area contributed by atoms with E-state index in [9.17, 15) is 13.2 Å². The fourth-order valence-corrected chi connectivity index (χ4v) is 2.97. The lowest BCUT2D eigenvalue weighted by Crippen LogP contribution is -2.44. The summed E-state index contributed by atoms with van der Waals surface area (Å²) in [7, 11) is 3.28. The number of nitrogens with zero attached hydrogens (tertiary/aromatic N) is 2. The summed E-state index contributed by atoms with van der Waals surface area (Å²) in [4.78, 5) is 5.57. The maximum Gasteiger partial charge on any atom is 0.401 e. The van der Waals surface area contributed by atoms with Crippen molar-refractivity contribution in [1.29, 1.82) is 0 Å². The van der Waals surface area contributed by atoms with E-state index in [0.717, 1.165) is 16.9 Å². The van der Waals surface area contributed by atoms with Crippen LogP contribution in [0.25, 0.3) is 0 Å². The van der Waals surface area contributed by atoms with Gasteiger partial charge in [-0.3, -0.25) is 9.89 Å². The molecule has 5 nitrogen and oxygen atoms in total. The van der Waals surface area contributed by atoms with Crippen LogP contribution < -0.4 is 15.4 Å². The quantitative estimate of drug-likeness (QED) is 0.626. The van der Waals surface area contributed by atoms with Gasteiger partial charge in [-0.15, -0.1) is 0 Å². The van der Waals surface area contributed by atoms with Crippen LogP contribution in [0.15, 0.2) is 23.2 Å². The van der Waals surface area contributed by atoms with Gasteiger partial charge in [0, 0.05) is 32.7 Å². The Balaban J connectivity index is 1.82. The van der Waals surface area contributed by atoms with Gasteiger partial charge in [-0.1, -0.05) is 12.1 Å². The smallest absolute Gasteiger partial charge is 0.401 e. The van der Waals surface area contributed by atoms with E-state index >= 15 is 0 Å². The van der Waals surface area contributed by atoms with E-state index < -0.39 is 12.7 Å². The molecule has 1 saturated heterocycles. The maximum atomic E-state index is 12.5. The minimum Gasteiger partial charge on any atom is -0.496 e. The summed E-state index contributed by atoms with van der Waals surface area (Å²) >= 11 is 0. The van der Waals surface area contributed by atoms with Crippen LogP contribution in [0, 0.1) is 6.92 Å². The monoisotopic (exact) mass is 358 g/mol. The second-order valence-electron chi connectivity index (χ2n) is 6.21. The van der Waals surface area contributed by atoms with Gasteiger partial charge in [0.25, 0.3) is 0 Å². The molecule has 1 unspecified atom stereocenters. The zero-order valence-electron chi connectivity index (χ0n) is 14.8. The minimum absolute atomic E-state index is 0.0360. The van der Waals surface area contributed by atoms with Crippen LogP contribution >= 0.6 is 0 Å². The molecule has 2 N–H and O–H groups in total. The molecule has 0 aliphatic carbocycles. The number of alkyl halides is 3. The zero-order chi connectivity index (χ0) is 18.4. The average Bonchev–Trinajstić information content (AvgIpc) is 2.96. The molecule has 0 radical (unpaired) electrons. The first kappa shape index (κ1) is 19.4. The number of aliphatic imine (C=N–C) groups is 1. The fraction of sp³-hybridized carbons (Fsp3) is 0.588. The second-order valence-corrected chi connectivity index (χ2v) is 6.21. The Labute approximate surface area is 146 Å². The Kier molecular flexibility index (Phi) is 6.52. The summed E-state index contributed by atoms with van der Waals surface area (Å²) in [5.74, 6) is 1.43. The predicted molar refractivity (Wildman–Crippen MR) is 92.0 cm³/mol. The zero-order valence-corrected chi connectivity index (χ0v) is 14.8. The molecule has 1 aliphatic heterocycles. The van der Waals surface area contributed by atoms with Crippen LogP contribution in [-0.2, 0) is 6.54 Å². The number of hydrogen-bond acceptors (Lipinski definition) is 3. The van der Waals surface area contributed by atoms with Gasteiger partial charge in [0.15, 0.2) is 5.96 Å². The Morgan fingerprint density at radius 1 is 1.40 bits per heavy atom. The molecule has 8 heteroatoms. The van der Waals surface area contributed by atoms with Crippen LogP contribution in [0.2, 0.25) is 0 Å². The Morgan fingerprint density at radius 2 is 2.16 bits per heavy atom. The third kappa shape index (κ3) is 6.12. The number of benzene rings is 1. The predicted octanol–water partition coefficient (Wildman–Crippen LogP) is 2.31. The largest absolute Gasteiger partial charge is 0.496 e.